The van der Waals surface area contributed by atoms with Crippen LogP contribution in [0, 0.1) is 23.7 Å². The monoisotopic (exact) mass is 837 g/mol. The van der Waals surface area contributed by atoms with Gasteiger partial charge in [-0.15, -0.1) is 0 Å². The van der Waals surface area contributed by atoms with E-state index in [-0.39, 0.29) is 44.8 Å². The average Bonchev–Trinajstić information content (AvgIpc) is 3.15. The number of ether oxygens (including phenoxy) is 8. The minimum atomic E-state index is -1.97. The molecule has 0 saturated carbocycles. The van der Waals surface area contributed by atoms with E-state index in [4.69, 9.17) is 42.7 Å². The van der Waals surface area contributed by atoms with Crippen LogP contribution < -0.4 is 0 Å². The molecule has 3 fully saturated rings. The quantitative estimate of drug-likeness (QED) is 0.0778. The summed E-state index contributed by atoms with van der Waals surface area (Å²) in [5.41, 5.74) is -4.49. The number of aliphatic hydroxyl groups excluding tert-OH is 3. The number of rotatable bonds is 13. The molecule has 17 heteroatoms. The zero-order valence-electron chi connectivity index (χ0n) is 37.3. The minimum Gasteiger partial charge on any atom is -0.459 e. The topological polar surface area (TPSA) is 217 Å². The maximum atomic E-state index is 14.3. The fourth-order valence-electron chi connectivity index (χ4n) is 8.93. The lowest BCUT2D eigenvalue weighted by atomic mass is 9.73. The molecule has 0 bridgehead atoms. The van der Waals surface area contributed by atoms with Crippen LogP contribution in [-0.4, -0.2) is 175 Å². The second kappa shape index (κ2) is 21.5. The number of hydrogen-bond donors (Lipinski definition) is 5. The molecule has 3 rings (SSSR count). The van der Waals surface area contributed by atoms with Crippen LogP contribution in [0.3, 0.4) is 0 Å². The molecule has 0 aromatic carbocycles. The van der Waals surface area contributed by atoms with Crippen molar-refractivity contribution >= 4 is 11.7 Å². The Labute approximate surface area is 345 Å². The predicted molar refractivity (Wildman–Crippen MR) is 212 cm³/mol. The van der Waals surface area contributed by atoms with Gasteiger partial charge in [-0.05, 0) is 74.9 Å². The largest absolute Gasteiger partial charge is 0.459 e. The molecular formula is C41H76N2O15. The Morgan fingerprint density at radius 3 is 2.14 bits per heavy atom. The minimum absolute atomic E-state index is 0.0307. The van der Waals surface area contributed by atoms with Gasteiger partial charge >= 0.3 is 5.97 Å². The highest BCUT2D eigenvalue weighted by Crippen LogP contribution is 2.41. The first-order valence-electron chi connectivity index (χ1n) is 20.8. The Balaban J connectivity index is 2.22. The van der Waals surface area contributed by atoms with Crippen molar-refractivity contribution < 1.29 is 73.1 Å². The fourth-order valence-corrected chi connectivity index (χ4v) is 8.93. The van der Waals surface area contributed by atoms with Crippen molar-refractivity contribution in [1.82, 2.24) is 4.90 Å². The van der Waals surface area contributed by atoms with Gasteiger partial charge in [-0.2, -0.15) is 0 Å². The molecule has 340 valence electrons. The van der Waals surface area contributed by atoms with Crippen molar-refractivity contribution in [2.45, 2.75) is 179 Å². The summed E-state index contributed by atoms with van der Waals surface area (Å²) in [7, 11) is 6.76. The van der Waals surface area contributed by atoms with Crippen LogP contribution >= 0.6 is 0 Å². The molecule has 58 heavy (non-hydrogen) atoms. The lowest BCUT2D eigenvalue weighted by Gasteiger charge is -2.49. The van der Waals surface area contributed by atoms with Gasteiger partial charge in [-0.1, -0.05) is 32.9 Å². The fraction of sp³-hybridized carbons (Fsp3) is 0.951. The van der Waals surface area contributed by atoms with Crippen LogP contribution in [0.15, 0.2) is 5.16 Å². The van der Waals surface area contributed by atoms with E-state index in [0.29, 0.717) is 18.7 Å². The second-order valence-electron chi connectivity index (χ2n) is 17.7. The number of carbonyl (C=O) groups excluding carboxylic acids is 1. The molecule has 0 aromatic rings. The van der Waals surface area contributed by atoms with Crippen molar-refractivity contribution in [1.29, 1.82) is 0 Å². The summed E-state index contributed by atoms with van der Waals surface area (Å²) in [6.45, 7) is 17.3. The van der Waals surface area contributed by atoms with E-state index >= 15 is 0 Å². The Hall–Kier alpha value is -1.58. The Morgan fingerprint density at radius 2 is 1.55 bits per heavy atom. The standard InChI is InChI=1S/C41H76N2O15/c1-15-29-41(10,49)34(45)24(4)31(42-53-21-52-17-16-50-13)22(2)19-39(8,48)36(58-38-32(44)28(43(11)12)18-23(3)54-38)25(5)33(26(6)37(47)56-29)57-30-20-40(9,51-14)35(46)27(7)55-30/h22-30,32-36,38,44-46,48-49H,15-21H2,1-14H3/b42-31+/t22-,23-,24+,25+,26-,27-,28?,29-,30+,32?,33+,34-,35+,36-,38+,39-,40?,41-/m1/s1. The maximum Gasteiger partial charge on any atom is 0.311 e. The van der Waals surface area contributed by atoms with Gasteiger partial charge in [0.05, 0.1) is 66.6 Å². The molecule has 3 heterocycles. The number of hydrogen-bond acceptors (Lipinski definition) is 17. The zero-order valence-corrected chi connectivity index (χ0v) is 37.3. The number of esters is 1. The van der Waals surface area contributed by atoms with E-state index < -0.39 is 102 Å². The SMILES string of the molecule is CC[C@H]1OC(=O)[C@H](C)[C@@H](O[C@H]2CC(C)(OC)[C@@H](O)[C@@H](C)O2)[C@H](C)[C@@H](O[C@@H]2O[C@H](C)CC(N(C)C)C2O)[C@](C)(O)C[C@@H](C)/C(=N\OCOCCOC)[C@H](C)[C@@H](O)[C@]1(C)O. The molecule has 0 spiro atoms. The summed E-state index contributed by atoms with van der Waals surface area (Å²) < 4.78 is 48.1. The van der Waals surface area contributed by atoms with Crippen LogP contribution in [0.4, 0.5) is 0 Å². The van der Waals surface area contributed by atoms with Gasteiger partial charge < -0.3 is 73.2 Å². The first kappa shape index (κ1) is 50.8. The summed E-state index contributed by atoms with van der Waals surface area (Å²) in [5.74, 6) is -4.14. The van der Waals surface area contributed by atoms with Crippen LogP contribution in [0.1, 0.15) is 94.9 Å². The van der Waals surface area contributed by atoms with Crippen molar-refractivity contribution in [3.05, 3.63) is 0 Å². The number of carbonyl (C=O) groups is 1. The number of cyclic esters (lactones) is 1. The van der Waals surface area contributed by atoms with E-state index in [1.54, 1.807) is 55.6 Å². The molecule has 0 aliphatic carbocycles. The van der Waals surface area contributed by atoms with Crippen molar-refractivity contribution in [3.8, 4) is 0 Å². The summed E-state index contributed by atoms with van der Waals surface area (Å²) >= 11 is 0. The third kappa shape index (κ3) is 12.1. The summed E-state index contributed by atoms with van der Waals surface area (Å²) in [6, 6.07) is -0.328. The molecule has 3 unspecified atom stereocenters. The van der Waals surface area contributed by atoms with E-state index in [9.17, 15) is 30.3 Å². The molecular weight excluding hydrogens is 760 g/mol. The Kier molecular flexibility index (Phi) is 18.8. The molecule has 0 amide bonds. The molecule has 3 aliphatic rings. The number of aliphatic hydroxyl groups is 5. The van der Waals surface area contributed by atoms with Gasteiger partial charge in [-0.3, -0.25) is 4.79 Å². The third-order valence-corrected chi connectivity index (χ3v) is 12.6. The van der Waals surface area contributed by atoms with Gasteiger partial charge in [-0.25, -0.2) is 0 Å². The summed E-state index contributed by atoms with van der Waals surface area (Å²) in [5, 5.41) is 63.6. The van der Waals surface area contributed by atoms with Crippen LogP contribution in [0.2, 0.25) is 0 Å². The third-order valence-electron chi connectivity index (χ3n) is 12.6. The number of nitrogens with zero attached hydrogens (tertiary/aromatic N) is 2. The smallest absolute Gasteiger partial charge is 0.311 e. The lowest BCUT2D eigenvalue weighted by molar-refractivity contribution is -0.317. The molecule has 3 saturated heterocycles. The van der Waals surface area contributed by atoms with Crippen molar-refractivity contribution in [2.75, 3.05) is 48.3 Å². The van der Waals surface area contributed by atoms with E-state index in [1.807, 2.05) is 32.8 Å². The van der Waals surface area contributed by atoms with E-state index in [1.165, 1.54) is 14.0 Å². The van der Waals surface area contributed by atoms with E-state index in [0.717, 1.165) is 0 Å². The van der Waals surface area contributed by atoms with Crippen molar-refractivity contribution in [2.24, 2.45) is 28.8 Å². The van der Waals surface area contributed by atoms with Gasteiger partial charge in [0, 0.05) is 44.4 Å². The summed E-state index contributed by atoms with van der Waals surface area (Å²) in [6.07, 6.45) is -9.49. The number of oxime groups is 1. The highest BCUT2D eigenvalue weighted by atomic mass is 16.7. The normalized spacial score (nSPS) is 45.8. The first-order chi connectivity index (χ1) is 27.0. The van der Waals surface area contributed by atoms with Gasteiger partial charge in [0.25, 0.3) is 0 Å². The van der Waals surface area contributed by atoms with Crippen LogP contribution in [-0.2, 0) is 47.5 Å². The molecule has 0 radical (unpaired) electrons. The summed E-state index contributed by atoms with van der Waals surface area (Å²) in [4.78, 5) is 21.8. The lowest BCUT2D eigenvalue weighted by Crippen LogP contribution is -2.61. The number of methoxy groups -OCH3 is 2. The average molecular weight is 837 g/mol. The highest BCUT2D eigenvalue weighted by molar-refractivity contribution is 5.88. The maximum absolute atomic E-state index is 14.3. The molecule has 3 aliphatic heterocycles. The van der Waals surface area contributed by atoms with Gasteiger partial charge in [0.15, 0.2) is 12.6 Å². The predicted octanol–water partition coefficient (Wildman–Crippen LogP) is 2.21. The zero-order chi connectivity index (χ0) is 43.9. The second-order valence-corrected chi connectivity index (χ2v) is 17.7. The van der Waals surface area contributed by atoms with Gasteiger partial charge in [0.1, 0.15) is 23.9 Å². The van der Waals surface area contributed by atoms with Crippen molar-refractivity contribution in [3.63, 3.8) is 0 Å². The molecule has 17 nitrogen and oxygen atoms in total. The molecule has 5 N–H and O–H groups in total. The molecule has 0 aromatic heterocycles. The number of likely N-dealkylation sites (N-methyl/N-ethyl adjacent to an activating group) is 1. The Morgan fingerprint density at radius 1 is 0.897 bits per heavy atom. The van der Waals surface area contributed by atoms with E-state index in [2.05, 4.69) is 5.16 Å². The highest BCUT2D eigenvalue weighted by Gasteiger charge is 2.53. The first-order valence-corrected chi connectivity index (χ1v) is 20.8. The van der Waals surface area contributed by atoms with Gasteiger partial charge in [0.2, 0.25) is 6.79 Å². The van der Waals surface area contributed by atoms with Crippen LogP contribution in [0.5, 0.6) is 0 Å². The Bertz CT molecular complexity index is 1300. The molecule has 18 atom stereocenters. The van der Waals surface area contributed by atoms with Crippen LogP contribution in [0.25, 0.3) is 0 Å².